The quantitative estimate of drug-likeness (QED) is 0.202. The number of halogens is 4. The van der Waals surface area contributed by atoms with Crippen molar-refractivity contribution in [1.82, 2.24) is 0 Å². The number of carbonyl (C=O) groups is 1. The van der Waals surface area contributed by atoms with Gasteiger partial charge in [0.25, 0.3) is 5.69 Å². The third kappa shape index (κ3) is 5.79. The number of hydrogen-bond acceptors (Lipinski definition) is 4. The number of carbonyl (C=O) groups excluding carboxylic acids is 1. The van der Waals surface area contributed by atoms with Crippen LogP contribution in [-0.4, -0.2) is 17.0 Å². The minimum atomic E-state index is -5.29. The molecule has 0 saturated carbocycles. The Balaban J connectivity index is 1.59. The Morgan fingerprint density at radius 2 is 1.61 bits per heavy atom. The van der Waals surface area contributed by atoms with E-state index in [1.165, 1.54) is 16.4 Å². The van der Waals surface area contributed by atoms with Crippen molar-refractivity contribution in [1.29, 1.82) is 0 Å². The number of nitrogens with one attached hydrogen (secondary N) is 1. The lowest BCUT2D eigenvalue weighted by Crippen LogP contribution is -2.30. The first-order chi connectivity index (χ1) is 17.7. The maximum atomic E-state index is 14.6. The minimum Gasteiger partial charge on any atom is -0.454 e. The Morgan fingerprint density at radius 3 is 2.11 bits per heavy atom. The molecule has 1 aliphatic rings. The number of nitro groups is 1. The van der Waals surface area contributed by atoms with Gasteiger partial charge in [-0.2, -0.15) is 13.2 Å². The van der Waals surface area contributed by atoms with Crippen LogP contribution < -0.4 is 10.1 Å². The van der Waals surface area contributed by atoms with Gasteiger partial charge in [-0.05, 0) is 58.9 Å². The summed E-state index contributed by atoms with van der Waals surface area (Å²) in [6.45, 7) is 6.52. The lowest BCUT2D eigenvalue weighted by atomic mass is 9.68. The van der Waals surface area contributed by atoms with E-state index in [2.05, 4.69) is 32.9 Å². The van der Waals surface area contributed by atoms with Crippen LogP contribution >= 0.6 is 0 Å². The molecule has 0 bridgehead atoms. The van der Waals surface area contributed by atoms with Crippen molar-refractivity contribution in [3.05, 3.63) is 93.3 Å². The van der Waals surface area contributed by atoms with Crippen LogP contribution in [0.2, 0.25) is 0 Å². The molecule has 0 spiro atoms. The zero-order valence-corrected chi connectivity index (χ0v) is 20.9. The van der Waals surface area contributed by atoms with Crippen LogP contribution in [0.3, 0.4) is 0 Å². The van der Waals surface area contributed by atoms with Gasteiger partial charge in [0.1, 0.15) is 11.4 Å². The molecule has 4 rings (SSSR count). The van der Waals surface area contributed by atoms with Gasteiger partial charge in [0.2, 0.25) is 0 Å². The summed E-state index contributed by atoms with van der Waals surface area (Å²) in [5, 5.41) is 12.6. The molecule has 1 N–H and O–H groups in total. The number of fused-ring (bicyclic) bond motifs is 1. The number of amides is 1. The third-order valence-electron chi connectivity index (χ3n) is 6.71. The van der Waals surface area contributed by atoms with E-state index in [1.54, 1.807) is 12.1 Å². The molecule has 0 radical (unpaired) electrons. The largest absolute Gasteiger partial charge is 0.471 e. The van der Waals surface area contributed by atoms with E-state index in [4.69, 9.17) is 4.74 Å². The first-order valence-electron chi connectivity index (χ1n) is 11.9. The second-order valence-electron chi connectivity index (χ2n) is 10.5. The van der Waals surface area contributed by atoms with Crippen LogP contribution in [0.15, 0.2) is 60.7 Å². The SMILES string of the molecule is CC(C)(C)C(c1ccc(Oc2cc(NC(=O)C(F)(F)F)c([N+](=O)[O-])cc2F)cc1)C1Cc2ccccc2C1. The first kappa shape index (κ1) is 27.1. The predicted octanol–water partition coefficient (Wildman–Crippen LogP) is 7.57. The zero-order valence-electron chi connectivity index (χ0n) is 20.9. The second-order valence-corrected chi connectivity index (χ2v) is 10.5. The fraction of sp³-hybridized carbons (Fsp3) is 0.321. The number of anilines is 1. The molecule has 10 heteroatoms. The van der Waals surface area contributed by atoms with Gasteiger partial charge < -0.3 is 10.1 Å². The summed E-state index contributed by atoms with van der Waals surface area (Å²) in [6.07, 6.45) is -3.38. The number of nitro benzene ring substituents is 1. The van der Waals surface area contributed by atoms with E-state index in [0.29, 0.717) is 18.1 Å². The minimum absolute atomic E-state index is 0.0643. The monoisotopic (exact) mass is 530 g/mol. The van der Waals surface area contributed by atoms with Gasteiger partial charge in [-0.25, -0.2) is 4.39 Å². The van der Waals surface area contributed by atoms with E-state index in [0.717, 1.165) is 18.4 Å². The first-order valence-corrected chi connectivity index (χ1v) is 11.9. The number of ether oxygens (including phenoxy) is 1. The Labute approximate surface area is 216 Å². The van der Waals surface area contributed by atoms with Crippen LogP contribution in [0, 0.1) is 27.3 Å². The Bertz CT molecular complexity index is 1340. The van der Waals surface area contributed by atoms with Crippen molar-refractivity contribution in [2.24, 2.45) is 11.3 Å². The lowest BCUT2D eigenvalue weighted by Gasteiger charge is -2.36. The van der Waals surface area contributed by atoms with Crippen molar-refractivity contribution in [2.45, 2.75) is 45.7 Å². The molecule has 0 fully saturated rings. The molecule has 0 heterocycles. The van der Waals surface area contributed by atoms with Crippen LogP contribution in [0.1, 0.15) is 43.4 Å². The summed E-state index contributed by atoms with van der Waals surface area (Å²) in [7, 11) is 0. The molecule has 1 aliphatic carbocycles. The van der Waals surface area contributed by atoms with Crippen LogP contribution in [0.25, 0.3) is 0 Å². The van der Waals surface area contributed by atoms with E-state index >= 15 is 0 Å². The summed E-state index contributed by atoms with van der Waals surface area (Å²) >= 11 is 0. The van der Waals surface area contributed by atoms with E-state index in [9.17, 15) is 32.5 Å². The van der Waals surface area contributed by atoms with Crippen molar-refractivity contribution >= 4 is 17.3 Å². The Kier molecular flexibility index (Phi) is 7.18. The van der Waals surface area contributed by atoms with Gasteiger partial charge >= 0.3 is 12.1 Å². The molecule has 3 aromatic carbocycles. The predicted molar refractivity (Wildman–Crippen MR) is 134 cm³/mol. The van der Waals surface area contributed by atoms with Gasteiger partial charge in [-0.1, -0.05) is 57.2 Å². The Hall–Kier alpha value is -3.95. The second kappa shape index (κ2) is 10.1. The molecular weight excluding hydrogens is 504 g/mol. The normalized spacial score (nSPS) is 14.6. The molecule has 6 nitrogen and oxygen atoms in total. The van der Waals surface area contributed by atoms with Crippen molar-refractivity contribution < 1.29 is 32.0 Å². The summed E-state index contributed by atoms with van der Waals surface area (Å²) < 4.78 is 58.1. The molecule has 1 atom stereocenters. The van der Waals surface area contributed by atoms with E-state index in [1.807, 2.05) is 24.3 Å². The Morgan fingerprint density at radius 1 is 1.03 bits per heavy atom. The number of hydrogen-bond donors (Lipinski definition) is 1. The van der Waals surface area contributed by atoms with Crippen LogP contribution in [-0.2, 0) is 17.6 Å². The molecular formula is C28H26F4N2O4. The summed E-state index contributed by atoms with van der Waals surface area (Å²) in [4.78, 5) is 21.4. The smallest absolute Gasteiger partial charge is 0.454 e. The third-order valence-corrected chi connectivity index (χ3v) is 6.71. The molecule has 0 saturated heterocycles. The molecule has 200 valence electrons. The van der Waals surface area contributed by atoms with Gasteiger partial charge in [0.15, 0.2) is 11.6 Å². The average molecular weight is 531 g/mol. The number of alkyl halides is 3. The van der Waals surface area contributed by atoms with Crippen LogP contribution in [0.5, 0.6) is 11.5 Å². The molecule has 1 unspecified atom stereocenters. The standard InChI is InChI=1S/C28H26F4N2O4/c1-27(2,3)25(19-12-17-6-4-5-7-18(17)13-19)16-8-10-20(11-9-16)38-24-15-22(33-26(35)28(30,31)32)23(34(36)37)14-21(24)29/h4-11,14-15,19,25H,12-13H2,1-3H3,(H,33,35). The number of nitrogens with zero attached hydrogens (tertiary/aromatic N) is 1. The number of rotatable bonds is 6. The van der Waals surface area contributed by atoms with Crippen molar-refractivity contribution in [2.75, 3.05) is 5.32 Å². The van der Waals surface area contributed by atoms with Gasteiger partial charge in [-0.15, -0.1) is 0 Å². The summed E-state index contributed by atoms with van der Waals surface area (Å²) in [6, 6.07) is 16.4. The molecule has 3 aromatic rings. The lowest BCUT2D eigenvalue weighted by molar-refractivity contribution is -0.384. The van der Waals surface area contributed by atoms with Gasteiger partial charge in [-0.3, -0.25) is 14.9 Å². The van der Waals surface area contributed by atoms with E-state index < -0.39 is 39.9 Å². The highest BCUT2D eigenvalue weighted by atomic mass is 19.4. The zero-order chi connectivity index (χ0) is 27.8. The fourth-order valence-corrected chi connectivity index (χ4v) is 5.24. The highest BCUT2D eigenvalue weighted by Gasteiger charge is 2.40. The molecule has 38 heavy (non-hydrogen) atoms. The highest BCUT2D eigenvalue weighted by Crippen LogP contribution is 2.47. The topological polar surface area (TPSA) is 81.5 Å². The molecule has 0 aliphatic heterocycles. The van der Waals surface area contributed by atoms with Gasteiger partial charge in [0, 0.05) is 6.07 Å². The van der Waals surface area contributed by atoms with Gasteiger partial charge in [0.05, 0.1) is 11.0 Å². The number of benzene rings is 3. The summed E-state index contributed by atoms with van der Waals surface area (Å²) in [5.41, 5.74) is 1.81. The maximum absolute atomic E-state index is 14.6. The summed E-state index contributed by atoms with van der Waals surface area (Å²) in [5.74, 6) is -3.40. The highest BCUT2D eigenvalue weighted by molar-refractivity contribution is 5.97. The molecule has 0 aromatic heterocycles. The molecule has 1 amide bonds. The van der Waals surface area contributed by atoms with Crippen molar-refractivity contribution in [3.63, 3.8) is 0 Å². The van der Waals surface area contributed by atoms with E-state index in [-0.39, 0.29) is 17.1 Å². The average Bonchev–Trinajstić information content (AvgIpc) is 3.23. The fourth-order valence-electron chi connectivity index (χ4n) is 5.24. The van der Waals surface area contributed by atoms with Crippen molar-refractivity contribution in [3.8, 4) is 11.5 Å². The van der Waals surface area contributed by atoms with Crippen LogP contribution in [0.4, 0.5) is 28.9 Å². The maximum Gasteiger partial charge on any atom is 0.471 e.